The highest BCUT2D eigenvalue weighted by Crippen LogP contribution is 2.26. The number of carbonyl (C=O) groups is 1. The number of methoxy groups -OCH3 is 1. The molecule has 0 atom stereocenters. The van der Waals surface area contributed by atoms with Gasteiger partial charge in [-0.3, -0.25) is 4.79 Å². The molecule has 1 amide bonds. The van der Waals surface area contributed by atoms with Crippen LogP contribution in [0, 0.1) is 0 Å². The summed E-state index contributed by atoms with van der Waals surface area (Å²) in [5.41, 5.74) is 1.46. The first-order valence-electron chi connectivity index (χ1n) is 7.87. The number of rotatable bonds is 5. The molecule has 3 nitrogen and oxygen atoms in total. The number of ether oxygens (including phenoxy) is 1. The zero-order valence-electron chi connectivity index (χ0n) is 13.7. The van der Waals surface area contributed by atoms with Crippen LogP contribution in [0.5, 0.6) is 5.75 Å². The summed E-state index contributed by atoms with van der Waals surface area (Å²) in [7, 11) is 1.56. The van der Waals surface area contributed by atoms with E-state index in [1.165, 1.54) is 0 Å². The smallest absolute Gasteiger partial charge is 0.255 e. The maximum absolute atomic E-state index is 12.6. The van der Waals surface area contributed by atoms with Gasteiger partial charge in [-0.1, -0.05) is 53.5 Å². The van der Waals surface area contributed by atoms with Crippen LogP contribution in [-0.2, 0) is 6.42 Å². The third-order valence-electron chi connectivity index (χ3n) is 4.01. The van der Waals surface area contributed by atoms with Crippen molar-refractivity contribution in [2.24, 2.45) is 0 Å². The number of hydrogen-bond donors (Lipinski definition) is 1. The van der Waals surface area contributed by atoms with Gasteiger partial charge in [0.2, 0.25) is 0 Å². The van der Waals surface area contributed by atoms with E-state index in [0.717, 1.165) is 16.3 Å². The summed E-state index contributed by atoms with van der Waals surface area (Å²) in [6.07, 6.45) is 0.623. The van der Waals surface area contributed by atoms with E-state index in [4.69, 9.17) is 27.9 Å². The quantitative estimate of drug-likeness (QED) is 0.673. The van der Waals surface area contributed by atoms with E-state index in [2.05, 4.69) is 5.32 Å². The predicted molar refractivity (Wildman–Crippen MR) is 103 cm³/mol. The minimum atomic E-state index is -0.173. The van der Waals surface area contributed by atoms with Crippen LogP contribution in [0.15, 0.2) is 54.6 Å². The van der Waals surface area contributed by atoms with Crippen LogP contribution in [0.4, 0.5) is 0 Å². The van der Waals surface area contributed by atoms with Gasteiger partial charge in [0.05, 0.1) is 12.7 Å². The molecule has 0 fully saturated rings. The minimum absolute atomic E-state index is 0.173. The molecule has 3 aromatic carbocycles. The molecule has 0 saturated carbocycles. The van der Waals surface area contributed by atoms with Crippen molar-refractivity contribution in [3.8, 4) is 5.75 Å². The van der Waals surface area contributed by atoms with Gasteiger partial charge in [-0.25, -0.2) is 0 Å². The topological polar surface area (TPSA) is 38.3 Å². The van der Waals surface area contributed by atoms with Gasteiger partial charge in [0.25, 0.3) is 5.91 Å². The highest BCUT2D eigenvalue weighted by molar-refractivity contribution is 6.35. The third kappa shape index (κ3) is 4.06. The van der Waals surface area contributed by atoms with Gasteiger partial charge >= 0.3 is 0 Å². The maximum Gasteiger partial charge on any atom is 0.255 e. The summed E-state index contributed by atoms with van der Waals surface area (Å²) in [6.45, 7) is 0.468. The second kappa shape index (κ2) is 7.77. The summed E-state index contributed by atoms with van der Waals surface area (Å²) in [5, 5.41) is 6.14. The number of amides is 1. The van der Waals surface area contributed by atoms with Crippen LogP contribution in [0.1, 0.15) is 15.9 Å². The molecule has 0 heterocycles. The highest BCUT2D eigenvalue weighted by atomic mass is 35.5. The van der Waals surface area contributed by atoms with Crippen molar-refractivity contribution in [1.29, 1.82) is 0 Å². The van der Waals surface area contributed by atoms with Crippen LogP contribution in [0.3, 0.4) is 0 Å². The van der Waals surface area contributed by atoms with Crippen molar-refractivity contribution < 1.29 is 9.53 Å². The van der Waals surface area contributed by atoms with Crippen molar-refractivity contribution in [2.75, 3.05) is 13.7 Å². The number of halogens is 2. The first kappa shape index (κ1) is 17.6. The summed E-state index contributed by atoms with van der Waals surface area (Å²) < 4.78 is 5.37. The number of hydrogen-bond acceptors (Lipinski definition) is 2. The Bertz CT molecular complexity index is 925. The van der Waals surface area contributed by atoms with Gasteiger partial charge in [0.1, 0.15) is 5.75 Å². The lowest BCUT2D eigenvalue weighted by molar-refractivity contribution is 0.0951. The molecular weight excluding hydrogens is 357 g/mol. The Balaban J connectivity index is 1.73. The van der Waals surface area contributed by atoms with Gasteiger partial charge < -0.3 is 10.1 Å². The molecule has 25 heavy (non-hydrogen) atoms. The molecule has 0 aliphatic carbocycles. The Hall–Kier alpha value is -2.23. The molecule has 0 aliphatic heterocycles. The van der Waals surface area contributed by atoms with Crippen molar-refractivity contribution in [3.05, 3.63) is 75.8 Å². The zero-order valence-corrected chi connectivity index (χ0v) is 15.2. The summed E-state index contributed by atoms with van der Waals surface area (Å²) in [6, 6.07) is 16.9. The molecule has 0 aliphatic rings. The van der Waals surface area contributed by atoms with Gasteiger partial charge in [0.15, 0.2) is 0 Å². The van der Waals surface area contributed by atoms with E-state index in [1.807, 2.05) is 42.5 Å². The fraction of sp³-hybridized carbons (Fsp3) is 0.150. The SMILES string of the molecule is COc1cc2ccccc2cc1C(=O)NCCc1ccc(Cl)cc1Cl. The first-order chi connectivity index (χ1) is 12.1. The van der Waals surface area contributed by atoms with Crippen LogP contribution in [0.25, 0.3) is 10.8 Å². The van der Waals surface area contributed by atoms with Crippen molar-refractivity contribution >= 4 is 39.9 Å². The lowest BCUT2D eigenvalue weighted by Crippen LogP contribution is -2.26. The van der Waals surface area contributed by atoms with E-state index >= 15 is 0 Å². The van der Waals surface area contributed by atoms with Gasteiger partial charge in [-0.05, 0) is 47.0 Å². The average Bonchev–Trinajstić information content (AvgIpc) is 2.62. The van der Waals surface area contributed by atoms with Gasteiger partial charge in [-0.15, -0.1) is 0 Å². The lowest BCUT2D eigenvalue weighted by Gasteiger charge is -2.11. The number of carbonyl (C=O) groups excluding carboxylic acids is 1. The Morgan fingerprint density at radius 1 is 1.04 bits per heavy atom. The van der Waals surface area contributed by atoms with E-state index in [0.29, 0.717) is 34.3 Å². The molecule has 0 bridgehead atoms. The van der Waals surface area contributed by atoms with E-state index in [9.17, 15) is 4.79 Å². The minimum Gasteiger partial charge on any atom is -0.496 e. The van der Waals surface area contributed by atoms with E-state index < -0.39 is 0 Å². The Morgan fingerprint density at radius 3 is 2.44 bits per heavy atom. The molecule has 0 radical (unpaired) electrons. The number of nitrogens with one attached hydrogen (secondary N) is 1. The van der Waals surface area contributed by atoms with Crippen molar-refractivity contribution in [1.82, 2.24) is 5.32 Å². The third-order valence-corrected chi connectivity index (χ3v) is 4.59. The molecular formula is C20H17Cl2NO2. The molecule has 0 aromatic heterocycles. The lowest BCUT2D eigenvalue weighted by atomic mass is 10.1. The van der Waals surface area contributed by atoms with Gasteiger partial charge in [0, 0.05) is 16.6 Å². The average molecular weight is 374 g/mol. The van der Waals surface area contributed by atoms with Gasteiger partial charge in [-0.2, -0.15) is 0 Å². The van der Waals surface area contributed by atoms with Crippen molar-refractivity contribution in [2.45, 2.75) is 6.42 Å². The first-order valence-corrected chi connectivity index (χ1v) is 8.63. The number of fused-ring (bicyclic) bond motifs is 1. The molecule has 5 heteroatoms. The number of benzene rings is 3. The van der Waals surface area contributed by atoms with E-state index in [1.54, 1.807) is 19.2 Å². The highest BCUT2D eigenvalue weighted by Gasteiger charge is 2.13. The maximum atomic E-state index is 12.6. The fourth-order valence-corrected chi connectivity index (χ4v) is 3.20. The molecule has 0 unspecified atom stereocenters. The summed E-state index contributed by atoms with van der Waals surface area (Å²) >= 11 is 12.1. The second-order valence-electron chi connectivity index (χ2n) is 5.64. The molecule has 3 rings (SSSR count). The monoisotopic (exact) mass is 373 g/mol. The zero-order chi connectivity index (χ0) is 17.8. The van der Waals surface area contributed by atoms with Crippen LogP contribution >= 0.6 is 23.2 Å². The van der Waals surface area contributed by atoms with Crippen molar-refractivity contribution in [3.63, 3.8) is 0 Å². The Labute approximate surface area is 156 Å². The van der Waals surface area contributed by atoms with Crippen LogP contribution < -0.4 is 10.1 Å². The fourth-order valence-electron chi connectivity index (χ4n) is 2.70. The molecule has 3 aromatic rings. The molecule has 0 saturated heterocycles. The largest absolute Gasteiger partial charge is 0.496 e. The second-order valence-corrected chi connectivity index (χ2v) is 6.48. The van der Waals surface area contributed by atoms with Crippen LogP contribution in [0.2, 0.25) is 10.0 Å². The molecule has 1 N–H and O–H groups in total. The molecule has 0 spiro atoms. The summed E-state index contributed by atoms with van der Waals surface area (Å²) in [4.78, 5) is 12.6. The van der Waals surface area contributed by atoms with Crippen LogP contribution in [-0.4, -0.2) is 19.6 Å². The van der Waals surface area contributed by atoms with E-state index in [-0.39, 0.29) is 5.91 Å². The Kier molecular flexibility index (Phi) is 5.47. The standard InChI is InChI=1S/C20H17Cl2NO2/c1-25-19-11-15-5-3-2-4-14(15)10-17(19)20(24)23-9-8-13-6-7-16(21)12-18(13)22/h2-7,10-12H,8-9H2,1H3,(H,23,24). The molecule has 128 valence electrons. The predicted octanol–water partition coefficient (Wildman–Crippen LogP) is 5.13. The normalized spacial score (nSPS) is 10.7. The Morgan fingerprint density at radius 2 is 1.76 bits per heavy atom. The summed E-state index contributed by atoms with van der Waals surface area (Å²) in [5.74, 6) is 0.383.